The number of halogens is 2. The van der Waals surface area contributed by atoms with Gasteiger partial charge in [0.2, 0.25) is 0 Å². The molecule has 0 spiro atoms. The predicted octanol–water partition coefficient (Wildman–Crippen LogP) is 2.99. The van der Waals surface area contributed by atoms with Crippen molar-refractivity contribution in [1.29, 1.82) is 0 Å². The highest BCUT2D eigenvalue weighted by atomic mass is 35.5. The number of hydrogen-bond acceptors (Lipinski definition) is 2. The van der Waals surface area contributed by atoms with Gasteiger partial charge in [-0.2, -0.15) is 5.10 Å². The Balaban J connectivity index is 2.63. The van der Waals surface area contributed by atoms with Crippen molar-refractivity contribution in [2.75, 3.05) is 0 Å². The van der Waals surface area contributed by atoms with E-state index in [1.165, 1.54) is 12.3 Å². The number of nitrogens with zero attached hydrogens (tertiary/aromatic N) is 2. The van der Waals surface area contributed by atoms with Gasteiger partial charge < -0.3 is 5.73 Å². The third-order valence-electron chi connectivity index (χ3n) is 2.60. The number of aromatic nitrogens is 2. The van der Waals surface area contributed by atoms with Crippen molar-refractivity contribution in [2.45, 2.75) is 19.9 Å². The summed E-state index contributed by atoms with van der Waals surface area (Å²) in [6, 6.07) is 2.89. The van der Waals surface area contributed by atoms with Gasteiger partial charge in [0.15, 0.2) is 0 Å². The van der Waals surface area contributed by atoms with Crippen LogP contribution in [0.3, 0.4) is 0 Å². The summed E-state index contributed by atoms with van der Waals surface area (Å²) < 4.78 is 15.1. The second-order valence-electron chi connectivity index (χ2n) is 4.05. The molecule has 2 N–H and O–H groups in total. The van der Waals surface area contributed by atoms with E-state index in [0.29, 0.717) is 16.1 Å². The van der Waals surface area contributed by atoms with E-state index >= 15 is 0 Å². The minimum Gasteiger partial charge on any atom is -0.324 e. The Bertz CT molecular complexity index is 549. The molecule has 0 aliphatic rings. The lowest BCUT2D eigenvalue weighted by Crippen LogP contribution is -2.11. The van der Waals surface area contributed by atoms with Crippen LogP contribution in [-0.2, 0) is 0 Å². The number of benzene rings is 1. The number of aryl methyl sites for hydroxylation is 1. The first kappa shape index (κ1) is 12.1. The Labute approximate surface area is 104 Å². The second-order valence-corrected chi connectivity index (χ2v) is 4.49. The summed E-state index contributed by atoms with van der Waals surface area (Å²) in [5.41, 5.74) is 7.85. The molecule has 17 heavy (non-hydrogen) atoms. The molecule has 0 aliphatic carbocycles. The molecule has 1 heterocycles. The van der Waals surface area contributed by atoms with E-state index in [1.54, 1.807) is 30.8 Å². The molecule has 1 aromatic heterocycles. The van der Waals surface area contributed by atoms with Gasteiger partial charge in [0.1, 0.15) is 5.82 Å². The molecule has 0 fully saturated rings. The third-order valence-corrected chi connectivity index (χ3v) is 2.79. The normalized spacial score (nSPS) is 12.8. The molecule has 2 aromatic rings. The Morgan fingerprint density at radius 3 is 2.71 bits per heavy atom. The molecule has 90 valence electrons. The van der Waals surface area contributed by atoms with E-state index in [4.69, 9.17) is 17.3 Å². The lowest BCUT2D eigenvalue weighted by atomic mass is 10.0. The molecule has 0 bridgehead atoms. The maximum Gasteiger partial charge on any atom is 0.126 e. The van der Waals surface area contributed by atoms with Crippen LogP contribution in [0.15, 0.2) is 24.5 Å². The van der Waals surface area contributed by atoms with Gasteiger partial charge in [-0.25, -0.2) is 9.07 Å². The van der Waals surface area contributed by atoms with Gasteiger partial charge in [0.25, 0.3) is 0 Å². The van der Waals surface area contributed by atoms with Crippen molar-refractivity contribution in [1.82, 2.24) is 9.78 Å². The average Bonchev–Trinajstić information content (AvgIpc) is 2.68. The third kappa shape index (κ3) is 2.33. The van der Waals surface area contributed by atoms with Crippen LogP contribution in [0.2, 0.25) is 5.02 Å². The van der Waals surface area contributed by atoms with Crippen molar-refractivity contribution < 1.29 is 4.39 Å². The monoisotopic (exact) mass is 253 g/mol. The van der Waals surface area contributed by atoms with Gasteiger partial charge >= 0.3 is 0 Å². The van der Waals surface area contributed by atoms with Gasteiger partial charge in [-0.3, -0.25) is 0 Å². The first-order valence-electron chi connectivity index (χ1n) is 5.25. The van der Waals surface area contributed by atoms with Crippen molar-refractivity contribution in [2.24, 2.45) is 5.73 Å². The topological polar surface area (TPSA) is 43.8 Å². The van der Waals surface area contributed by atoms with Crippen molar-refractivity contribution >= 4 is 11.6 Å². The van der Waals surface area contributed by atoms with Crippen LogP contribution < -0.4 is 5.73 Å². The standard InChI is InChI=1S/C12H13ClFN3/c1-7-3-12(17-6-9(13)5-16-17)10(8(2)15)4-11(7)14/h3-6,8H,15H2,1-2H3. The van der Waals surface area contributed by atoms with Crippen LogP contribution in [0.5, 0.6) is 0 Å². The Kier molecular flexibility index (Phi) is 3.17. The summed E-state index contributed by atoms with van der Waals surface area (Å²) in [6.07, 6.45) is 3.20. The average molecular weight is 254 g/mol. The fraction of sp³-hybridized carbons (Fsp3) is 0.250. The fourth-order valence-electron chi connectivity index (χ4n) is 1.68. The van der Waals surface area contributed by atoms with Crippen LogP contribution in [0.1, 0.15) is 24.1 Å². The molecule has 1 aromatic carbocycles. The molecule has 0 radical (unpaired) electrons. The zero-order chi connectivity index (χ0) is 12.6. The first-order valence-corrected chi connectivity index (χ1v) is 5.63. The number of rotatable bonds is 2. The van der Waals surface area contributed by atoms with Crippen LogP contribution >= 0.6 is 11.6 Å². The van der Waals surface area contributed by atoms with Crippen LogP contribution in [-0.4, -0.2) is 9.78 Å². The second kappa shape index (κ2) is 4.47. The number of nitrogens with two attached hydrogens (primary N) is 1. The SMILES string of the molecule is Cc1cc(-n2cc(Cl)cn2)c(C(C)N)cc1F. The summed E-state index contributed by atoms with van der Waals surface area (Å²) in [7, 11) is 0. The first-order chi connectivity index (χ1) is 7.99. The van der Waals surface area contributed by atoms with E-state index in [-0.39, 0.29) is 11.9 Å². The molecule has 0 amide bonds. The van der Waals surface area contributed by atoms with Gasteiger partial charge in [0.05, 0.1) is 16.9 Å². The van der Waals surface area contributed by atoms with Crippen molar-refractivity contribution in [3.05, 3.63) is 46.5 Å². The van der Waals surface area contributed by atoms with E-state index in [2.05, 4.69) is 5.10 Å². The fourth-order valence-corrected chi connectivity index (χ4v) is 1.81. The molecule has 1 atom stereocenters. The van der Waals surface area contributed by atoms with Gasteiger partial charge in [0, 0.05) is 12.2 Å². The molecule has 0 aliphatic heterocycles. The van der Waals surface area contributed by atoms with E-state index in [0.717, 1.165) is 5.69 Å². The Morgan fingerprint density at radius 1 is 1.47 bits per heavy atom. The van der Waals surface area contributed by atoms with E-state index in [9.17, 15) is 4.39 Å². The predicted molar refractivity (Wildman–Crippen MR) is 65.9 cm³/mol. The van der Waals surface area contributed by atoms with Crippen molar-refractivity contribution in [3.63, 3.8) is 0 Å². The molecule has 5 heteroatoms. The van der Waals surface area contributed by atoms with Crippen molar-refractivity contribution in [3.8, 4) is 5.69 Å². The van der Waals surface area contributed by atoms with Crippen LogP contribution in [0.25, 0.3) is 5.69 Å². The largest absolute Gasteiger partial charge is 0.324 e. The highest BCUT2D eigenvalue weighted by molar-refractivity contribution is 6.30. The molecule has 0 saturated carbocycles. The smallest absolute Gasteiger partial charge is 0.126 e. The maximum absolute atomic E-state index is 13.5. The summed E-state index contributed by atoms with van der Waals surface area (Å²) in [4.78, 5) is 0. The minimum atomic E-state index is -0.275. The molecular formula is C12H13ClFN3. The van der Waals surface area contributed by atoms with E-state index in [1.807, 2.05) is 0 Å². The highest BCUT2D eigenvalue weighted by Gasteiger charge is 2.13. The Morgan fingerprint density at radius 2 is 2.18 bits per heavy atom. The summed E-state index contributed by atoms with van der Waals surface area (Å²) in [6.45, 7) is 3.51. The van der Waals surface area contributed by atoms with E-state index < -0.39 is 0 Å². The zero-order valence-electron chi connectivity index (χ0n) is 9.61. The molecule has 3 nitrogen and oxygen atoms in total. The maximum atomic E-state index is 13.5. The summed E-state index contributed by atoms with van der Waals surface area (Å²) >= 11 is 5.82. The van der Waals surface area contributed by atoms with Gasteiger partial charge in [-0.05, 0) is 37.1 Å². The Hall–Kier alpha value is -1.39. The molecule has 2 rings (SSSR count). The minimum absolute atomic E-state index is 0.265. The van der Waals surface area contributed by atoms with Crippen LogP contribution in [0, 0.1) is 12.7 Å². The highest BCUT2D eigenvalue weighted by Crippen LogP contribution is 2.24. The molecule has 1 unspecified atom stereocenters. The lowest BCUT2D eigenvalue weighted by Gasteiger charge is -2.14. The lowest BCUT2D eigenvalue weighted by molar-refractivity contribution is 0.611. The molecular weight excluding hydrogens is 241 g/mol. The van der Waals surface area contributed by atoms with Crippen LogP contribution in [0.4, 0.5) is 4.39 Å². The van der Waals surface area contributed by atoms with Gasteiger partial charge in [-0.15, -0.1) is 0 Å². The number of hydrogen-bond donors (Lipinski definition) is 1. The summed E-state index contributed by atoms with van der Waals surface area (Å²) in [5, 5.41) is 4.64. The summed E-state index contributed by atoms with van der Waals surface area (Å²) in [5.74, 6) is -0.265. The van der Waals surface area contributed by atoms with Gasteiger partial charge in [-0.1, -0.05) is 11.6 Å². The molecule has 0 saturated heterocycles. The zero-order valence-corrected chi connectivity index (χ0v) is 10.4. The quantitative estimate of drug-likeness (QED) is 0.894.